The minimum atomic E-state index is -0.0970. The van der Waals surface area contributed by atoms with Crippen molar-refractivity contribution in [1.82, 2.24) is 0 Å². The predicted octanol–water partition coefficient (Wildman–Crippen LogP) is 24.5. The fraction of sp³-hybridized carbons (Fsp3) is 0.262. The number of unbranched alkanes of at least 4 members (excludes halogenated alkanes) is 6. The van der Waals surface area contributed by atoms with Gasteiger partial charge < -0.3 is 9.80 Å². The van der Waals surface area contributed by atoms with E-state index < -0.39 is 0 Å². The second kappa shape index (κ2) is 26.0. The molecule has 2 heteroatoms. The van der Waals surface area contributed by atoms with Crippen LogP contribution in [0.3, 0.4) is 0 Å². The van der Waals surface area contributed by atoms with E-state index in [1.807, 2.05) is 0 Å². The van der Waals surface area contributed by atoms with Crippen molar-refractivity contribution < 1.29 is 0 Å². The molecule has 10 aromatic rings. The topological polar surface area (TPSA) is 6.48 Å². The summed E-state index contributed by atoms with van der Waals surface area (Å²) >= 11 is 0. The Kier molecular flexibility index (Phi) is 17.5. The third-order valence-corrected chi connectivity index (χ3v) is 19.2. The number of fused-ring (bicyclic) bond motifs is 5. The lowest BCUT2D eigenvalue weighted by Gasteiger charge is -2.32. The molecule has 0 saturated carbocycles. The lowest BCUT2D eigenvalue weighted by Crippen LogP contribution is -2.21. The van der Waals surface area contributed by atoms with E-state index in [9.17, 15) is 0 Å². The summed E-state index contributed by atoms with van der Waals surface area (Å²) in [7, 11) is 0. The highest BCUT2D eigenvalue weighted by Crippen LogP contribution is 2.49. The van der Waals surface area contributed by atoms with Crippen molar-refractivity contribution >= 4 is 66.3 Å². The predicted molar refractivity (Wildman–Crippen MR) is 373 cm³/mol. The third-order valence-electron chi connectivity index (χ3n) is 19.2. The van der Waals surface area contributed by atoms with Crippen LogP contribution in [-0.2, 0) is 17.3 Å². The van der Waals surface area contributed by atoms with Gasteiger partial charge in [0, 0.05) is 44.4 Å². The van der Waals surface area contributed by atoms with Crippen LogP contribution in [0.4, 0.5) is 28.4 Å². The normalized spacial score (nSPS) is 13.8. The van der Waals surface area contributed by atoms with Crippen LogP contribution < -0.4 is 9.80 Å². The average Bonchev–Trinajstić information content (AvgIpc) is 1.27. The van der Waals surface area contributed by atoms with Crippen LogP contribution in [0.5, 0.6) is 0 Å². The van der Waals surface area contributed by atoms with Gasteiger partial charge in [-0.2, -0.15) is 0 Å². The molecule has 86 heavy (non-hydrogen) atoms. The van der Waals surface area contributed by atoms with Crippen molar-refractivity contribution in [2.75, 3.05) is 9.80 Å². The van der Waals surface area contributed by atoms with Crippen molar-refractivity contribution in [3.05, 3.63) is 287 Å². The Bertz CT molecular complexity index is 4080. The van der Waals surface area contributed by atoms with Crippen LogP contribution in [-0.4, -0.2) is 0 Å². The van der Waals surface area contributed by atoms with Crippen molar-refractivity contribution in [3.63, 3.8) is 0 Å². The van der Waals surface area contributed by atoms with Gasteiger partial charge in [0.1, 0.15) is 0 Å². The third kappa shape index (κ3) is 12.2. The zero-order chi connectivity index (χ0) is 59.0. The molecule has 0 atom stereocenters. The SMILES string of the molecule is CCCCCCC1=CC=C(N(c2ccc(-c3ccc(C(C)(C)c4ccccc4)cc3)cc2)c2cc3c4ccccc4c(N(c4ccc(CCCCCC)cc4)c4ccc(C5=CC=C(C(C)(C)c6ccccc6)CC5)cc4)cc3c3ccccc23)CC1. The number of benzene rings is 10. The lowest BCUT2D eigenvalue weighted by atomic mass is 9.73. The summed E-state index contributed by atoms with van der Waals surface area (Å²) in [5, 5.41) is 7.47. The summed E-state index contributed by atoms with van der Waals surface area (Å²) in [6.07, 6.45) is 26.2. The average molecular weight is 1120 g/mol. The summed E-state index contributed by atoms with van der Waals surface area (Å²) in [5.74, 6) is 0. The van der Waals surface area contributed by atoms with Gasteiger partial charge in [-0.15, -0.1) is 0 Å². The van der Waals surface area contributed by atoms with Crippen LogP contribution in [0, 0.1) is 0 Å². The molecule has 0 spiro atoms. The van der Waals surface area contributed by atoms with Gasteiger partial charge in [-0.3, -0.25) is 0 Å². The Labute approximate surface area is 514 Å². The first kappa shape index (κ1) is 57.9. The Morgan fingerprint density at radius 1 is 0.337 bits per heavy atom. The van der Waals surface area contributed by atoms with Gasteiger partial charge in [-0.05, 0) is 172 Å². The lowest BCUT2D eigenvalue weighted by molar-refractivity contribution is 0.592. The molecule has 0 radical (unpaired) electrons. The Morgan fingerprint density at radius 3 is 1.33 bits per heavy atom. The van der Waals surface area contributed by atoms with Gasteiger partial charge >= 0.3 is 0 Å². The standard InChI is InChI=1S/C84H86N2/c1-7-9-11-15-25-61-35-51-71(52-36-61)85(73-55-43-65(44-56-73)63-39-47-69(48-40-63)83(3,4)67-27-17-13-18-28-67)81-59-79-76-32-22-24-34-78(76)82(60-80(79)75-31-21-23-33-77(75)81)86(72-53-37-62(38-54-72)26-16-12-10-8-2)74-57-45-66(46-58-74)64-41-49-70(50-42-64)84(5,6)68-29-19-14-20-30-68/h13-14,17-24,27-37,39,41-47,49-53,55-60H,7-12,15-16,25-26,38,40,48,54H2,1-6H3. The molecular weight excluding hydrogens is 1040 g/mol. The maximum atomic E-state index is 2.59. The van der Waals surface area contributed by atoms with Gasteiger partial charge in [-0.1, -0.05) is 279 Å². The van der Waals surface area contributed by atoms with Crippen LogP contribution in [0.1, 0.15) is 153 Å². The van der Waals surface area contributed by atoms with Crippen LogP contribution >= 0.6 is 0 Å². The minimum absolute atomic E-state index is 0.0158. The molecule has 0 N–H and O–H groups in total. The molecule has 0 bridgehead atoms. The van der Waals surface area contributed by atoms with Crippen molar-refractivity contribution in [2.24, 2.45) is 0 Å². The number of hydrogen-bond acceptors (Lipinski definition) is 2. The van der Waals surface area contributed by atoms with Crippen molar-refractivity contribution in [3.8, 4) is 11.1 Å². The molecule has 0 amide bonds. The number of allylic oxidation sites excluding steroid dienone is 8. The maximum absolute atomic E-state index is 2.59. The zero-order valence-corrected chi connectivity index (χ0v) is 51.9. The van der Waals surface area contributed by atoms with E-state index in [4.69, 9.17) is 0 Å². The molecule has 2 nitrogen and oxygen atoms in total. The largest absolute Gasteiger partial charge is 0.314 e. The van der Waals surface area contributed by atoms with E-state index in [0.717, 1.165) is 43.5 Å². The summed E-state index contributed by atoms with van der Waals surface area (Å²) in [6, 6.07) is 82.7. The van der Waals surface area contributed by atoms with E-state index >= 15 is 0 Å². The molecule has 10 aromatic carbocycles. The molecular formula is C84H86N2. The Balaban J connectivity index is 0.958. The first-order valence-electron chi connectivity index (χ1n) is 32.4. The zero-order valence-electron chi connectivity index (χ0n) is 51.9. The molecule has 432 valence electrons. The number of hydrogen-bond donors (Lipinski definition) is 0. The second-order valence-electron chi connectivity index (χ2n) is 25.5. The monoisotopic (exact) mass is 1120 g/mol. The quantitative estimate of drug-likeness (QED) is 0.0493. The summed E-state index contributed by atoms with van der Waals surface area (Å²) < 4.78 is 0. The molecule has 0 aromatic heterocycles. The first-order chi connectivity index (χ1) is 42.1. The molecule has 0 unspecified atom stereocenters. The summed E-state index contributed by atoms with van der Waals surface area (Å²) in [4.78, 5) is 5.11. The van der Waals surface area contributed by atoms with E-state index in [-0.39, 0.29) is 10.8 Å². The summed E-state index contributed by atoms with van der Waals surface area (Å²) in [6.45, 7) is 14.0. The highest BCUT2D eigenvalue weighted by molar-refractivity contribution is 6.24. The first-order valence-corrected chi connectivity index (χ1v) is 32.4. The van der Waals surface area contributed by atoms with Crippen LogP contribution in [0.15, 0.2) is 260 Å². The Morgan fingerprint density at radius 2 is 0.802 bits per heavy atom. The molecule has 0 heterocycles. The van der Waals surface area contributed by atoms with Crippen LogP contribution in [0.25, 0.3) is 49.0 Å². The highest BCUT2D eigenvalue weighted by Gasteiger charge is 2.28. The smallest absolute Gasteiger partial charge is 0.0546 e. The van der Waals surface area contributed by atoms with E-state index in [0.29, 0.717) is 0 Å². The van der Waals surface area contributed by atoms with Gasteiger partial charge in [-0.25, -0.2) is 0 Å². The van der Waals surface area contributed by atoms with Crippen LogP contribution in [0.2, 0.25) is 0 Å². The molecule has 0 fully saturated rings. The molecule has 0 saturated heterocycles. The van der Waals surface area contributed by atoms with Crippen molar-refractivity contribution in [1.29, 1.82) is 0 Å². The van der Waals surface area contributed by atoms with Gasteiger partial charge in [0.05, 0.1) is 11.4 Å². The van der Waals surface area contributed by atoms with Gasteiger partial charge in [0.25, 0.3) is 0 Å². The minimum Gasteiger partial charge on any atom is -0.314 e. The van der Waals surface area contributed by atoms with Crippen molar-refractivity contribution in [2.45, 2.75) is 142 Å². The number of anilines is 5. The molecule has 12 rings (SSSR count). The number of nitrogens with zero attached hydrogens (tertiary/aromatic N) is 2. The number of rotatable bonds is 22. The second-order valence-corrected chi connectivity index (χ2v) is 25.5. The molecule has 2 aliphatic rings. The van der Waals surface area contributed by atoms with E-state index in [2.05, 4.69) is 294 Å². The van der Waals surface area contributed by atoms with Gasteiger partial charge in [0.15, 0.2) is 0 Å². The molecule has 0 aliphatic heterocycles. The van der Waals surface area contributed by atoms with E-state index in [1.165, 1.54) is 163 Å². The highest BCUT2D eigenvalue weighted by atomic mass is 15.2. The van der Waals surface area contributed by atoms with E-state index in [1.54, 1.807) is 5.57 Å². The fourth-order valence-electron chi connectivity index (χ4n) is 13.7. The van der Waals surface area contributed by atoms with Gasteiger partial charge in [0.2, 0.25) is 0 Å². The fourth-order valence-corrected chi connectivity index (χ4v) is 13.7. The Hall–Kier alpha value is -8.46. The summed E-state index contributed by atoms with van der Waals surface area (Å²) in [5.41, 5.74) is 20.7. The maximum Gasteiger partial charge on any atom is 0.0546 e. The molecule has 2 aliphatic carbocycles. The number of aryl methyl sites for hydroxylation is 1.